The molecule has 0 heterocycles. The van der Waals surface area contributed by atoms with Gasteiger partial charge in [-0.2, -0.15) is 0 Å². The molecule has 0 unspecified atom stereocenters. The van der Waals surface area contributed by atoms with Gasteiger partial charge in [0.25, 0.3) is 0 Å². The van der Waals surface area contributed by atoms with Crippen molar-refractivity contribution in [1.82, 2.24) is 0 Å². The lowest BCUT2D eigenvalue weighted by Gasteiger charge is -2.12. The summed E-state index contributed by atoms with van der Waals surface area (Å²) in [6, 6.07) is 4.28. The van der Waals surface area contributed by atoms with E-state index in [9.17, 15) is 4.39 Å². The second-order valence-corrected chi connectivity index (χ2v) is 3.84. The van der Waals surface area contributed by atoms with E-state index in [0.717, 1.165) is 19.3 Å². The summed E-state index contributed by atoms with van der Waals surface area (Å²) >= 11 is 0. The predicted octanol–water partition coefficient (Wildman–Crippen LogP) is 2.41. The predicted molar refractivity (Wildman–Crippen MR) is 70.2 cm³/mol. The lowest BCUT2D eigenvalue weighted by atomic mass is 10.2. The molecule has 0 aliphatic rings. The van der Waals surface area contributed by atoms with E-state index < -0.39 is 0 Å². The van der Waals surface area contributed by atoms with Crippen molar-refractivity contribution in [2.24, 2.45) is 0 Å². The highest BCUT2D eigenvalue weighted by atomic mass is 19.1. The minimum atomic E-state index is -0.319. The first kappa shape index (κ1) is 14.3. The Morgan fingerprint density at radius 1 is 1.33 bits per heavy atom. The van der Waals surface area contributed by atoms with Gasteiger partial charge in [0.1, 0.15) is 18.2 Å². The minimum absolute atomic E-state index is 0.158. The number of terminal acetylenes is 1. The first-order chi connectivity index (χ1) is 8.77. The number of ether oxygens (including phenoxy) is 1. The van der Waals surface area contributed by atoms with Crippen molar-refractivity contribution in [3.63, 3.8) is 0 Å². The number of aliphatic hydroxyl groups excluding tert-OH is 1. The van der Waals surface area contributed by atoms with Gasteiger partial charge in [-0.3, -0.25) is 0 Å². The van der Waals surface area contributed by atoms with Crippen LogP contribution in [0.3, 0.4) is 0 Å². The quantitative estimate of drug-likeness (QED) is 0.550. The molecule has 0 amide bonds. The second-order valence-electron chi connectivity index (χ2n) is 3.84. The Bertz CT molecular complexity index is 401. The van der Waals surface area contributed by atoms with Crippen LogP contribution in [-0.2, 0) is 0 Å². The summed E-state index contributed by atoms with van der Waals surface area (Å²) in [5, 5.41) is 11.8. The first-order valence-electron chi connectivity index (χ1n) is 5.98. The van der Waals surface area contributed by atoms with Crippen LogP contribution in [0.15, 0.2) is 18.2 Å². The van der Waals surface area contributed by atoms with Crippen LogP contribution >= 0.6 is 0 Å². The summed E-state index contributed by atoms with van der Waals surface area (Å²) in [6.45, 7) is 1.07. The van der Waals surface area contributed by atoms with Crippen LogP contribution in [-0.4, -0.2) is 24.9 Å². The van der Waals surface area contributed by atoms with Gasteiger partial charge >= 0.3 is 0 Å². The minimum Gasteiger partial charge on any atom is -0.479 e. The van der Waals surface area contributed by atoms with Gasteiger partial charge in [-0.25, -0.2) is 4.39 Å². The molecule has 0 spiro atoms. The van der Waals surface area contributed by atoms with Crippen LogP contribution in [0.25, 0.3) is 0 Å². The summed E-state index contributed by atoms with van der Waals surface area (Å²) in [6.07, 6.45) is 7.74. The van der Waals surface area contributed by atoms with Crippen LogP contribution in [0.1, 0.15) is 19.3 Å². The Labute approximate surface area is 107 Å². The van der Waals surface area contributed by atoms with E-state index in [2.05, 4.69) is 11.2 Å². The summed E-state index contributed by atoms with van der Waals surface area (Å²) < 4.78 is 18.4. The molecule has 1 aromatic rings. The zero-order chi connectivity index (χ0) is 13.2. The van der Waals surface area contributed by atoms with Crippen molar-refractivity contribution in [1.29, 1.82) is 0 Å². The van der Waals surface area contributed by atoms with Gasteiger partial charge in [0.15, 0.2) is 0 Å². The number of rotatable bonds is 8. The fourth-order valence-corrected chi connectivity index (χ4v) is 1.52. The molecule has 0 atom stereocenters. The van der Waals surface area contributed by atoms with E-state index in [1.54, 1.807) is 6.07 Å². The van der Waals surface area contributed by atoms with Gasteiger partial charge in [-0.05, 0) is 31.4 Å². The second kappa shape index (κ2) is 8.37. The van der Waals surface area contributed by atoms with E-state index >= 15 is 0 Å². The summed E-state index contributed by atoms with van der Waals surface area (Å²) in [7, 11) is 0. The van der Waals surface area contributed by atoms with Gasteiger partial charge in [0.05, 0.1) is 5.69 Å². The summed E-state index contributed by atoms with van der Waals surface area (Å²) in [5.74, 6) is 2.60. The van der Waals surface area contributed by atoms with E-state index in [-0.39, 0.29) is 19.0 Å². The van der Waals surface area contributed by atoms with Crippen LogP contribution in [0, 0.1) is 18.2 Å². The first-order valence-corrected chi connectivity index (χ1v) is 5.98. The van der Waals surface area contributed by atoms with Crippen LogP contribution in [0.2, 0.25) is 0 Å². The molecule has 4 heteroatoms. The highest BCUT2D eigenvalue weighted by molar-refractivity contribution is 5.56. The third kappa shape index (κ3) is 5.07. The van der Waals surface area contributed by atoms with Gasteiger partial charge in [-0.1, -0.05) is 5.92 Å². The van der Waals surface area contributed by atoms with Crippen molar-refractivity contribution < 1.29 is 14.2 Å². The molecule has 2 N–H and O–H groups in total. The van der Waals surface area contributed by atoms with Gasteiger partial charge < -0.3 is 15.2 Å². The third-order valence-corrected chi connectivity index (χ3v) is 2.40. The maximum Gasteiger partial charge on any atom is 0.148 e. The largest absolute Gasteiger partial charge is 0.479 e. The summed E-state index contributed by atoms with van der Waals surface area (Å²) in [5.41, 5.74) is 0.606. The van der Waals surface area contributed by atoms with Crippen LogP contribution in [0.4, 0.5) is 10.1 Å². The van der Waals surface area contributed by atoms with E-state index in [1.165, 1.54) is 12.1 Å². The number of hydrogen-bond acceptors (Lipinski definition) is 3. The standard InChI is InChI=1S/C14H18FNO2/c1-2-10-18-14-7-6-12(15)11-13(14)16-8-4-3-5-9-17/h1,6-7,11,16-17H,3-5,8-10H2. The molecule has 1 rings (SSSR count). The topological polar surface area (TPSA) is 41.5 Å². The Hall–Kier alpha value is -1.73. The fraction of sp³-hybridized carbons (Fsp3) is 0.429. The average molecular weight is 251 g/mol. The number of aliphatic hydroxyl groups is 1. The third-order valence-electron chi connectivity index (χ3n) is 2.40. The normalized spacial score (nSPS) is 9.83. The number of halogens is 1. The molecule has 0 bridgehead atoms. The van der Waals surface area contributed by atoms with Crippen molar-refractivity contribution in [2.75, 3.05) is 25.1 Å². The van der Waals surface area contributed by atoms with Gasteiger partial charge in [0, 0.05) is 19.2 Å². The van der Waals surface area contributed by atoms with Gasteiger partial charge in [-0.15, -0.1) is 6.42 Å². The molecule has 0 radical (unpaired) electrons. The fourth-order valence-electron chi connectivity index (χ4n) is 1.52. The zero-order valence-corrected chi connectivity index (χ0v) is 10.3. The molecule has 0 aromatic heterocycles. The molecule has 0 aliphatic carbocycles. The molecule has 3 nitrogen and oxygen atoms in total. The molecule has 0 saturated carbocycles. The maximum absolute atomic E-state index is 13.1. The molecule has 0 saturated heterocycles. The molecular weight excluding hydrogens is 233 g/mol. The Morgan fingerprint density at radius 2 is 2.17 bits per heavy atom. The number of benzene rings is 1. The Morgan fingerprint density at radius 3 is 2.89 bits per heavy atom. The Balaban J connectivity index is 2.51. The van der Waals surface area contributed by atoms with Gasteiger partial charge in [0.2, 0.25) is 0 Å². The SMILES string of the molecule is C#CCOc1ccc(F)cc1NCCCCCO. The molecule has 98 valence electrons. The molecule has 0 aliphatic heterocycles. The van der Waals surface area contributed by atoms with Crippen LogP contribution < -0.4 is 10.1 Å². The van der Waals surface area contributed by atoms with E-state index in [4.69, 9.17) is 16.3 Å². The molecule has 0 fully saturated rings. The Kier molecular flexibility index (Phi) is 6.67. The zero-order valence-electron chi connectivity index (χ0n) is 10.3. The highest BCUT2D eigenvalue weighted by Gasteiger charge is 2.04. The lowest BCUT2D eigenvalue weighted by molar-refractivity contribution is 0.283. The molecular formula is C14H18FNO2. The van der Waals surface area contributed by atoms with E-state index in [0.29, 0.717) is 18.0 Å². The van der Waals surface area contributed by atoms with Crippen LogP contribution in [0.5, 0.6) is 5.75 Å². The number of nitrogens with one attached hydrogen (secondary N) is 1. The number of hydrogen-bond donors (Lipinski definition) is 2. The molecule has 18 heavy (non-hydrogen) atoms. The monoisotopic (exact) mass is 251 g/mol. The number of unbranched alkanes of at least 4 members (excludes halogenated alkanes) is 2. The van der Waals surface area contributed by atoms with Crippen molar-refractivity contribution in [2.45, 2.75) is 19.3 Å². The average Bonchev–Trinajstić information content (AvgIpc) is 2.37. The summed E-state index contributed by atoms with van der Waals surface area (Å²) in [4.78, 5) is 0. The highest BCUT2D eigenvalue weighted by Crippen LogP contribution is 2.25. The van der Waals surface area contributed by atoms with Crippen molar-refractivity contribution in [3.8, 4) is 18.1 Å². The molecule has 1 aromatic carbocycles. The maximum atomic E-state index is 13.1. The van der Waals surface area contributed by atoms with Crippen molar-refractivity contribution in [3.05, 3.63) is 24.0 Å². The smallest absolute Gasteiger partial charge is 0.148 e. The lowest BCUT2D eigenvalue weighted by Crippen LogP contribution is -2.05. The van der Waals surface area contributed by atoms with Crippen molar-refractivity contribution >= 4 is 5.69 Å². The number of anilines is 1. The van der Waals surface area contributed by atoms with E-state index in [1.807, 2.05) is 0 Å².